The van der Waals surface area contributed by atoms with Crippen LogP contribution in [0.25, 0.3) is 0 Å². The Hall–Kier alpha value is -0.800. The number of hydrogen-bond donors (Lipinski definition) is 1. The highest BCUT2D eigenvalue weighted by molar-refractivity contribution is 9.10. The molecule has 0 bridgehead atoms. The molecule has 2 aliphatic rings. The molecular weight excluding hydrogens is 326 g/mol. The molecule has 1 N–H and O–H groups in total. The third-order valence-electron chi connectivity index (χ3n) is 4.59. The van der Waals surface area contributed by atoms with Gasteiger partial charge >= 0.3 is 0 Å². The molecule has 2 nitrogen and oxygen atoms in total. The topological polar surface area (TPSA) is 21.3 Å². The molecule has 0 spiro atoms. The molecule has 1 aliphatic heterocycles. The lowest BCUT2D eigenvalue weighted by molar-refractivity contribution is 0.351. The van der Waals surface area contributed by atoms with Crippen molar-refractivity contribution < 1.29 is 4.74 Å². The maximum absolute atomic E-state index is 5.86. The average molecular weight is 350 g/mol. The lowest BCUT2D eigenvalue weighted by Gasteiger charge is -2.21. The minimum Gasteiger partial charge on any atom is -0.493 e. The number of ether oxygens (including phenoxy) is 1. The zero-order valence-electron chi connectivity index (χ0n) is 12.8. The number of benzene rings is 1. The molecular formula is C18H24BrNO. The SMILES string of the molecule is CNC(CC1=CCCCC1)Cc1cc(Br)cc2c1OCC2. The summed E-state index contributed by atoms with van der Waals surface area (Å²) in [7, 11) is 2.08. The number of allylic oxidation sites excluding steroid dienone is 1. The Balaban J connectivity index is 1.73. The van der Waals surface area contributed by atoms with Gasteiger partial charge in [0.25, 0.3) is 0 Å². The molecule has 1 aliphatic carbocycles. The highest BCUT2D eigenvalue weighted by Gasteiger charge is 2.20. The molecule has 114 valence electrons. The van der Waals surface area contributed by atoms with Crippen molar-refractivity contribution in [1.82, 2.24) is 5.32 Å². The molecule has 0 fully saturated rings. The van der Waals surface area contributed by atoms with Crippen LogP contribution >= 0.6 is 15.9 Å². The Morgan fingerprint density at radius 3 is 2.90 bits per heavy atom. The summed E-state index contributed by atoms with van der Waals surface area (Å²) in [6, 6.07) is 4.92. The smallest absolute Gasteiger partial charge is 0.125 e. The van der Waals surface area contributed by atoms with Crippen LogP contribution in [0.15, 0.2) is 28.3 Å². The van der Waals surface area contributed by atoms with E-state index < -0.39 is 0 Å². The van der Waals surface area contributed by atoms with Crippen molar-refractivity contribution in [2.24, 2.45) is 0 Å². The van der Waals surface area contributed by atoms with E-state index in [1.807, 2.05) is 0 Å². The summed E-state index contributed by atoms with van der Waals surface area (Å²) in [6.07, 6.45) is 11.0. The minimum absolute atomic E-state index is 0.497. The van der Waals surface area contributed by atoms with E-state index in [-0.39, 0.29) is 0 Å². The quantitative estimate of drug-likeness (QED) is 0.795. The van der Waals surface area contributed by atoms with Crippen LogP contribution in [0, 0.1) is 0 Å². The van der Waals surface area contributed by atoms with E-state index in [0.717, 1.165) is 31.6 Å². The van der Waals surface area contributed by atoms with Crippen LogP contribution in [0.3, 0.4) is 0 Å². The Labute approximate surface area is 136 Å². The molecule has 1 heterocycles. The normalized spacial score (nSPS) is 18.9. The van der Waals surface area contributed by atoms with Crippen LogP contribution in [-0.2, 0) is 12.8 Å². The van der Waals surface area contributed by atoms with Crippen LogP contribution in [-0.4, -0.2) is 19.7 Å². The number of halogens is 1. The van der Waals surface area contributed by atoms with Gasteiger partial charge in [-0.3, -0.25) is 0 Å². The fourth-order valence-corrected chi connectivity index (χ4v) is 4.00. The van der Waals surface area contributed by atoms with E-state index in [1.165, 1.54) is 41.3 Å². The average Bonchev–Trinajstić information content (AvgIpc) is 2.96. The highest BCUT2D eigenvalue weighted by atomic mass is 79.9. The van der Waals surface area contributed by atoms with Gasteiger partial charge in [-0.2, -0.15) is 0 Å². The summed E-state index contributed by atoms with van der Waals surface area (Å²) >= 11 is 3.64. The van der Waals surface area contributed by atoms with Crippen molar-refractivity contribution in [1.29, 1.82) is 0 Å². The predicted octanol–water partition coefficient (Wildman–Crippen LogP) is 4.41. The first kappa shape index (κ1) is 15.1. The lowest BCUT2D eigenvalue weighted by Crippen LogP contribution is -2.28. The summed E-state index contributed by atoms with van der Waals surface area (Å²) in [6.45, 7) is 0.828. The van der Waals surface area contributed by atoms with Gasteiger partial charge in [0, 0.05) is 16.9 Å². The summed E-state index contributed by atoms with van der Waals surface area (Å²) < 4.78 is 7.03. The van der Waals surface area contributed by atoms with Gasteiger partial charge in [0.2, 0.25) is 0 Å². The van der Waals surface area contributed by atoms with E-state index >= 15 is 0 Å². The van der Waals surface area contributed by atoms with Gasteiger partial charge in [0.15, 0.2) is 0 Å². The van der Waals surface area contributed by atoms with Crippen molar-refractivity contribution >= 4 is 15.9 Å². The van der Waals surface area contributed by atoms with Gasteiger partial charge in [-0.05, 0) is 68.8 Å². The summed E-state index contributed by atoms with van der Waals surface area (Å²) in [5, 5.41) is 3.50. The van der Waals surface area contributed by atoms with Crippen molar-refractivity contribution in [3.05, 3.63) is 39.4 Å². The molecule has 0 aromatic heterocycles. The second-order valence-corrected chi connectivity index (χ2v) is 7.07. The fraction of sp³-hybridized carbons (Fsp3) is 0.556. The third-order valence-corrected chi connectivity index (χ3v) is 5.05. The van der Waals surface area contributed by atoms with Crippen LogP contribution < -0.4 is 10.1 Å². The van der Waals surface area contributed by atoms with Gasteiger partial charge < -0.3 is 10.1 Å². The van der Waals surface area contributed by atoms with Crippen LogP contribution in [0.1, 0.15) is 43.2 Å². The van der Waals surface area contributed by atoms with Crippen molar-refractivity contribution in [2.75, 3.05) is 13.7 Å². The molecule has 0 amide bonds. The molecule has 1 aromatic rings. The zero-order chi connectivity index (χ0) is 14.7. The van der Waals surface area contributed by atoms with Crippen molar-refractivity contribution in [3.63, 3.8) is 0 Å². The first-order chi connectivity index (χ1) is 10.3. The Morgan fingerprint density at radius 2 is 2.14 bits per heavy atom. The number of rotatable bonds is 5. The number of fused-ring (bicyclic) bond motifs is 1. The first-order valence-electron chi connectivity index (χ1n) is 8.05. The molecule has 1 unspecified atom stereocenters. The first-order valence-corrected chi connectivity index (χ1v) is 8.85. The maximum atomic E-state index is 5.86. The molecule has 1 atom stereocenters. The standard InChI is InChI=1S/C18H24BrNO/c1-20-17(9-13-5-3-2-4-6-13)12-15-11-16(19)10-14-7-8-21-18(14)15/h5,10-11,17,20H,2-4,6-9,12H2,1H3. The largest absolute Gasteiger partial charge is 0.493 e. The number of likely N-dealkylation sites (N-methyl/N-ethyl adjacent to an activating group) is 1. The molecule has 0 saturated heterocycles. The lowest BCUT2D eigenvalue weighted by atomic mass is 9.91. The minimum atomic E-state index is 0.497. The summed E-state index contributed by atoms with van der Waals surface area (Å²) in [5.74, 6) is 1.14. The molecule has 0 saturated carbocycles. The molecule has 1 aromatic carbocycles. The zero-order valence-corrected chi connectivity index (χ0v) is 14.3. The molecule has 21 heavy (non-hydrogen) atoms. The van der Waals surface area contributed by atoms with Gasteiger partial charge in [0.05, 0.1) is 6.61 Å². The highest BCUT2D eigenvalue weighted by Crippen LogP contribution is 2.34. The summed E-state index contributed by atoms with van der Waals surface area (Å²) in [5.41, 5.74) is 4.33. The third kappa shape index (κ3) is 3.70. The Bertz CT molecular complexity index is 538. The van der Waals surface area contributed by atoms with Gasteiger partial charge in [-0.25, -0.2) is 0 Å². The Kier molecular flexibility index (Phi) is 5.02. The van der Waals surface area contributed by atoms with Gasteiger partial charge in [-0.1, -0.05) is 27.6 Å². The number of nitrogens with one attached hydrogen (secondary N) is 1. The fourth-order valence-electron chi connectivity index (χ4n) is 3.45. The van der Waals surface area contributed by atoms with Crippen LogP contribution in [0.2, 0.25) is 0 Å². The van der Waals surface area contributed by atoms with Crippen LogP contribution in [0.4, 0.5) is 0 Å². The van der Waals surface area contributed by atoms with Crippen molar-refractivity contribution in [2.45, 2.75) is 51.0 Å². The monoisotopic (exact) mass is 349 g/mol. The molecule has 3 rings (SSSR count). The number of hydrogen-bond acceptors (Lipinski definition) is 2. The van der Waals surface area contributed by atoms with Gasteiger partial charge in [-0.15, -0.1) is 0 Å². The van der Waals surface area contributed by atoms with E-state index in [4.69, 9.17) is 4.74 Å². The molecule has 3 heteroatoms. The second kappa shape index (κ2) is 6.97. The maximum Gasteiger partial charge on any atom is 0.125 e. The van der Waals surface area contributed by atoms with Crippen LogP contribution in [0.5, 0.6) is 5.75 Å². The van der Waals surface area contributed by atoms with E-state index in [0.29, 0.717) is 6.04 Å². The summed E-state index contributed by atoms with van der Waals surface area (Å²) in [4.78, 5) is 0. The van der Waals surface area contributed by atoms with E-state index in [9.17, 15) is 0 Å². The van der Waals surface area contributed by atoms with Crippen molar-refractivity contribution in [3.8, 4) is 5.75 Å². The Morgan fingerprint density at radius 1 is 1.24 bits per heavy atom. The van der Waals surface area contributed by atoms with E-state index in [1.54, 1.807) is 5.57 Å². The van der Waals surface area contributed by atoms with E-state index in [2.05, 4.69) is 46.5 Å². The predicted molar refractivity (Wildman–Crippen MR) is 91.1 cm³/mol. The molecule has 0 radical (unpaired) electrons. The second-order valence-electron chi connectivity index (χ2n) is 6.15. The van der Waals surface area contributed by atoms with Gasteiger partial charge in [0.1, 0.15) is 5.75 Å².